The van der Waals surface area contributed by atoms with Gasteiger partial charge in [0.15, 0.2) is 0 Å². The fourth-order valence-corrected chi connectivity index (χ4v) is 0.0915. The Bertz CT molecular complexity index is 144. The molecule has 0 atom stereocenters. The molecule has 2 N–H and O–H groups in total. The Kier molecular flexibility index (Phi) is 4.89. The molecule has 0 spiro atoms. The summed E-state index contributed by atoms with van der Waals surface area (Å²) in [4.78, 5) is 19.4. The maximum atomic E-state index is 12.1. The standard InChI is InChI=1S/C4H5FO4.Na.H/c1-4(5,2(6)7)3(8)9;;/h1H3,(H,6,7)(H,8,9);;/q;+1;-1. The van der Waals surface area contributed by atoms with Crippen LogP contribution in [0.4, 0.5) is 4.39 Å². The summed E-state index contributed by atoms with van der Waals surface area (Å²) in [5.74, 6) is -3.98. The molecular weight excluding hydrogens is 154 g/mol. The molecule has 0 fully saturated rings. The van der Waals surface area contributed by atoms with Gasteiger partial charge in [0.25, 0.3) is 5.67 Å². The Labute approximate surface area is 79.8 Å². The summed E-state index contributed by atoms with van der Waals surface area (Å²) in [7, 11) is 0. The minimum atomic E-state index is -3.17. The van der Waals surface area contributed by atoms with Gasteiger partial charge in [-0.2, -0.15) is 0 Å². The van der Waals surface area contributed by atoms with Crippen LogP contribution in [-0.4, -0.2) is 27.8 Å². The van der Waals surface area contributed by atoms with Gasteiger partial charge in [-0.3, -0.25) is 0 Å². The predicted octanol–water partition coefficient (Wildman–Crippen LogP) is -3.00. The molecule has 0 radical (unpaired) electrons. The summed E-state index contributed by atoms with van der Waals surface area (Å²) in [6.07, 6.45) is 0. The number of aliphatic carboxylic acids is 2. The van der Waals surface area contributed by atoms with Crippen molar-refractivity contribution in [2.75, 3.05) is 0 Å². The van der Waals surface area contributed by atoms with E-state index in [0.29, 0.717) is 6.92 Å². The van der Waals surface area contributed by atoms with E-state index in [2.05, 4.69) is 0 Å². The molecule has 0 bridgehead atoms. The van der Waals surface area contributed by atoms with Gasteiger partial charge in [0.1, 0.15) is 0 Å². The molecule has 0 saturated heterocycles. The average Bonchev–Trinajstić information content (AvgIpc) is 1.65. The second-order valence-corrected chi connectivity index (χ2v) is 1.61. The van der Waals surface area contributed by atoms with E-state index in [1.165, 1.54) is 0 Å². The SMILES string of the molecule is CC(F)(C(=O)O)C(=O)O.[H-].[Na+]. The van der Waals surface area contributed by atoms with Crippen LogP contribution in [0.25, 0.3) is 0 Å². The van der Waals surface area contributed by atoms with Crippen LogP contribution in [0.3, 0.4) is 0 Å². The molecule has 0 unspecified atom stereocenters. The van der Waals surface area contributed by atoms with Crippen molar-refractivity contribution in [3.63, 3.8) is 0 Å². The molecule has 0 aliphatic rings. The molecule has 6 heteroatoms. The van der Waals surface area contributed by atoms with Crippen LogP contribution in [-0.2, 0) is 9.59 Å². The fraction of sp³-hybridized carbons (Fsp3) is 0.500. The molecule has 10 heavy (non-hydrogen) atoms. The molecule has 0 aromatic rings. The Hall–Kier alpha value is -0.130. The molecule has 0 amide bonds. The van der Waals surface area contributed by atoms with Crippen molar-refractivity contribution in [2.45, 2.75) is 12.6 Å². The first-order chi connectivity index (χ1) is 3.89. The molecular formula is C4H6FNaO4. The smallest absolute Gasteiger partial charge is 1.00 e. The quantitative estimate of drug-likeness (QED) is 0.333. The second kappa shape index (κ2) is 3.90. The van der Waals surface area contributed by atoms with Crippen LogP contribution in [0.15, 0.2) is 0 Å². The van der Waals surface area contributed by atoms with Gasteiger partial charge in [-0.05, 0) is 6.92 Å². The zero-order valence-corrected chi connectivity index (χ0v) is 7.59. The molecule has 0 aliphatic carbocycles. The third-order valence-electron chi connectivity index (χ3n) is 0.803. The van der Waals surface area contributed by atoms with Gasteiger partial charge < -0.3 is 11.6 Å². The van der Waals surface area contributed by atoms with E-state index >= 15 is 0 Å². The van der Waals surface area contributed by atoms with Gasteiger partial charge in [-0.1, -0.05) is 0 Å². The Morgan fingerprint density at radius 1 is 1.40 bits per heavy atom. The Balaban J connectivity index is -0.000000320. The number of halogens is 1. The summed E-state index contributed by atoms with van der Waals surface area (Å²) in [6, 6.07) is 0. The van der Waals surface area contributed by atoms with Crippen LogP contribution in [0.2, 0.25) is 0 Å². The van der Waals surface area contributed by atoms with Crippen molar-refractivity contribution < 1.29 is 55.2 Å². The topological polar surface area (TPSA) is 74.6 Å². The number of carboxylic acids is 2. The second-order valence-electron chi connectivity index (χ2n) is 1.61. The fourth-order valence-electron chi connectivity index (χ4n) is 0.0915. The van der Waals surface area contributed by atoms with E-state index in [4.69, 9.17) is 10.2 Å². The average molecular weight is 160 g/mol. The summed E-state index contributed by atoms with van der Waals surface area (Å²) in [5.41, 5.74) is -3.17. The van der Waals surface area contributed by atoms with Crippen molar-refractivity contribution in [2.24, 2.45) is 0 Å². The van der Waals surface area contributed by atoms with Crippen molar-refractivity contribution in [1.29, 1.82) is 0 Å². The monoisotopic (exact) mass is 160 g/mol. The summed E-state index contributed by atoms with van der Waals surface area (Å²) in [5, 5.41) is 15.7. The maximum Gasteiger partial charge on any atom is 1.00 e. The van der Waals surface area contributed by atoms with Crippen molar-refractivity contribution in [1.82, 2.24) is 0 Å². The number of alkyl halides is 1. The molecule has 0 saturated carbocycles. The van der Waals surface area contributed by atoms with Gasteiger partial charge in [0.05, 0.1) is 0 Å². The molecule has 0 aliphatic heterocycles. The van der Waals surface area contributed by atoms with Gasteiger partial charge >= 0.3 is 41.5 Å². The van der Waals surface area contributed by atoms with Crippen LogP contribution in [0.1, 0.15) is 8.35 Å². The maximum absolute atomic E-state index is 12.1. The van der Waals surface area contributed by atoms with Crippen LogP contribution in [0, 0.1) is 0 Å². The number of carbonyl (C=O) groups is 2. The van der Waals surface area contributed by atoms with Crippen molar-refractivity contribution >= 4 is 11.9 Å². The predicted molar refractivity (Wildman–Crippen MR) is 25.9 cm³/mol. The number of carboxylic acid groups (broad SMARTS) is 2. The number of hydrogen-bond acceptors (Lipinski definition) is 2. The first kappa shape index (κ1) is 12.5. The van der Waals surface area contributed by atoms with Crippen molar-refractivity contribution in [3.8, 4) is 0 Å². The summed E-state index contributed by atoms with van der Waals surface area (Å²) < 4.78 is 12.1. The molecule has 0 rings (SSSR count). The molecule has 0 aromatic carbocycles. The van der Waals surface area contributed by atoms with E-state index in [9.17, 15) is 14.0 Å². The largest absolute Gasteiger partial charge is 1.00 e. The van der Waals surface area contributed by atoms with Crippen LogP contribution >= 0.6 is 0 Å². The Morgan fingerprint density at radius 2 is 1.60 bits per heavy atom. The third kappa shape index (κ3) is 2.64. The summed E-state index contributed by atoms with van der Waals surface area (Å²) in [6.45, 7) is 0.470. The van der Waals surface area contributed by atoms with Gasteiger partial charge in [-0.25, -0.2) is 14.0 Å². The molecule has 4 nitrogen and oxygen atoms in total. The molecule has 0 aromatic heterocycles. The van der Waals surface area contributed by atoms with E-state index in [1.54, 1.807) is 0 Å². The van der Waals surface area contributed by atoms with E-state index in [-0.39, 0.29) is 31.0 Å². The minimum Gasteiger partial charge on any atom is -1.00 e. The normalized spacial score (nSPS) is 9.80. The van der Waals surface area contributed by atoms with E-state index in [0.717, 1.165) is 0 Å². The van der Waals surface area contributed by atoms with Crippen LogP contribution < -0.4 is 29.6 Å². The first-order valence-electron chi connectivity index (χ1n) is 2.04. The van der Waals surface area contributed by atoms with E-state index in [1.807, 2.05) is 0 Å². The first-order valence-corrected chi connectivity index (χ1v) is 2.04. The molecule has 54 valence electrons. The zero-order chi connectivity index (χ0) is 7.65. The Morgan fingerprint density at radius 3 is 1.60 bits per heavy atom. The van der Waals surface area contributed by atoms with Gasteiger partial charge in [-0.15, -0.1) is 0 Å². The molecule has 0 heterocycles. The minimum absolute atomic E-state index is 0. The number of rotatable bonds is 2. The zero-order valence-electron chi connectivity index (χ0n) is 6.59. The van der Waals surface area contributed by atoms with Gasteiger partial charge in [0.2, 0.25) is 0 Å². The summed E-state index contributed by atoms with van der Waals surface area (Å²) >= 11 is 0. The van der Waals surface area contributed by atoms with Crippen LogP contribution in [0.5, 0.6) is 0 Å². The number of hydrogen-bond donors (Lipinski definition) is 2. The third-order valence-corrected chi connectivity index (χ3v) is 0.803. The van der Waals surface area contributed by atoms with Gasteiger partial charge in [0, 0.05) is 0 Å². The van der Waals surface area contributed by atoms with E-state index < -0.39 is 17.6 Å². The van der Waals surface area contributed by atoms with Crippen molar-refractivity contribution in [3.05, 3.63) is 0 Å².